The predicted molar refractivity (Wildman–Crippen MR) is 92.0 cm³/mol. The van der Waals surface area contributed by atoms with E-state index in [-0.39, 0.29) is 0 Å². The molecule has 0 fully saturated rings. The molecule has 0 aliphatic carbocycles. The van der Waals surface area contributed by atoms with E-state index in [0.29, 0.717) is 19.6 Å². The first-order valence-corrected chi connectivity index (χ1v) is 9.04. The van der Waals surface area contributed by atoms with Gasteiger partial charge in [-0.1, -0.05) is 18.2 Å². The number of para-hydroxylation sites is 1. The average Bonchev–Trinajstić information content (AvgIpc) is 2.85. The zero-order valence-corrected chi connectivity index (χ0v) is 15.2. The molecule has 1 aromatic carbocycles. The van der Waals surface area contributed by atoms with Crippen molar-refractivity contribution in [1.82, 2.24) is 0 Å². The zero-order chi connectivity index (χ0) is 15.0. The molecule has 3 N–H and O–H groups in total. The molecule has 0 saturated carbocycles. The van der Waals surface area contributed by atoms with Crippen molar-refractivity contribution in [1.29, 1.82) is 0 Å². The molecule has 2 heterocycles. The number of aliphatic hydroxyl groups is 1. The minimum absolute atomic E-state index is 0.377. The number of fused-ring (bicyclic) bond motifs is 1. The van der Waals surface area contributed by atoms with Gasteiger partial charge in [0.2, 0.25) is 0 Å². The second kappa shape index (κ2) is 6.01. The number of halogens is 2. The Morgan fingerprint density at radius 2 is 2.14 bits per heavy atom. The van der Waals surface area contributed by atoms with Gasteiger partial charge in [-0.25, -0.2) is 0 Å². The number of hydrogen-bond donors (Lipinski definition) is 2. The Hall–Kier alpha value is -0.400. The zero-order valence-electron chi connectivity index (χ0n) is 11.2. The molecule has 2 aromatic rings. The molecule has 6 heteroatoms. The van der Waals surface area contributed by atoms with E-state index in [1.807, 2.05) is 30.3 Å². The molecule has 2 atom stereocenters. The molecule has 0 amide bonds. The van der Waals surface area contributed by atoms with Crippen LogP contribution in [0.1, 0.15) is 23.0 Å². The van der Waals surface area contributed by atoms with Crippen LogP contribution in [-0.2, 0) is 5.41 Å². The van der Waals surface area contributed by atoms with E-state index in [0.717, 1.165) is 24.4 Å². The lowest BCUT2D eigenvalue weighted by Crippen LogP contribution is -2.44. The number of rotatable bonds is 3. The molecular formula is C15H15Br2NO2S. The van der Waals surface area contributed by atoms with E-state index in [2.05, 4.69) is 31.9 Å². The maximum Gasteiger partial charge on any atom is 0.123 e. The molecule has 2 unspecified atom stereocenters. The highest BCUT2D eigenvalue weighted by atomic mass is 79.9. The van der Waals surface area contributed by atoms with Crippen LogP contribution < -0.4 is 10.5 Å². The topological polar surface area (TPSA) is 55.5 Å². The van der Waals surface area contributed by atoms with E-state index in [4.69, 9.17) is 10.5 Å². The summed E-state index contributed by atoms with van der Waals surface area (Å²) in [5.74, 6) is 0.822. The lowest BCUT2D eigenvalue weighted by molar-refractivity contribution is 0.0561. The van der Waals surface area contributed by atoms with Gasteiger partial charge in [0.25, 0.3) is 0 Å². The van der Waals surface area contributed by atoms with Gasteiger partial charge in [0.15, 0.2) is 0 Å². The third kappa shape index (κ3) is 2.57. The SMILES string of the molecule is NCC1(C(O)c2cc(Br)c(Br)s2)CCOc2ccccc21. The highest BCUT2D eigenvalue weighted by molar-refractivity contribution is 9.13. The lowest BCUT2D eigenvalue weighted by atomic mass is 9.71. The van der Waals surface area contributed by atoms with Crippen LogP contribution in [0.2, 0.25) is 0 Å². The molecular weight excluding hydrogens is 418 g/mol. The maximum atomic E-state index is 11.0. The Morgan fingerprint density at radius 1 is 1.38 bits per heavy atom. The second-order valence-corrected chi connectivity index (χ2v) is 8.38. The van der Waals surface area contributed by atoms with Crippen molar-refractivity contribution in [3.8, 4) is 5.75 Å². The summed E-state index contributed by atoms with van der Waals surface area (Å²) >= 11 is 8.49. The van der Waals surface area contributed by atoms with Crippen molar-refractivity contribution >= 4 is 43.2 Å². The van der Waals surface area contributed by atoms with Gasteiger partial charge in [-0.05, 0) is 50.4 Å². The Balaban J connectivity index is 2.09. The summed E-state index contributed by atoms with van der Waals surface area (Å²) in [5.41, 5.74) is 6.59. The fraction of sp³-hybridized carbons (Fsp3) is 0.333. The summed E-state index contributed by atoms with van der Waals surface area (Å²) in [6.45, 7) is 0.945. The molecule has 21 heavy (non-hydrogen) atoms. The summed E-state index contributed by atoms with van der Waals surface area (Å²) in [6.07, 6.45) is 0.0506. The van der Waals surface area contributed by atoms with Crippen LogP contribution in [-0.4, -0.2) is 18.3 Å². The Bertz CT molecular complexity index is 641. The van der Waals surface area contributed by atoms with E-state index in [9.17, 15) is 5.11 Å². The Labute approximate surface area is 144 Å². The molecule has 0 spiro atoms. The molecule has 112 valence electrons. The average molecular weight is 433 g/mol. The number of aliphatic hydroxyl groups excluding tert-OH is 1. The number of thiophene rings is 1. The summed E-state index contributed by atoms with van der Waals surface area (Å²) in [4.78, 5) is 0.899. The minimum Gasteiger partial charge on any atom is -0.493 e. The largest absolute Gasteiger partial charge is 0.493 e. The molecule has 3 nitrogen and oxygen atoms in total. The van der Waals surface area contributed by atoms with Gasteiger partial charge in [0.05, 0.1) is 16.5 Å². The standard InChI is InChI=1S/C15H15Br2NO2S/c16-10-7-12(21-14(10)17)13(19)15(8-18)5-6-20-11-4-2-1-3-9(11)15/h1-4,7,13,19H,5-6,8,18H2. The van der Waals surface area contributed by atoms with Crippen molar-refractivity contribution in [3.05, 3.63) is 49.0 Å². The maximum absolute atomic E-state index is 11.0. The van der Waals surface area contributed by atoms with Gasteiger partial charge in [0, 0.05) is 26.9 Å². The molecule has 1 aliphatic heterocycles. The van der Waals surface area contributed by atoms with Gasteiger partial charge < -0.3 is 15.6 Å². The fourth-order valence-corrected chi connectivity index (χ4v) is 5.05. The van der Waals surface area contributed by atoms with Crippen molar-refractivity contribution in [3.63, 3.8) is 0 Å². The number of benzene rings is 1. The van der Waals surface area contributed by atoms with E-state index in [1.54, 1.807) is 0 Å². The van der Waals surface area contributed by atoms with Crippen LogP contribution in [0.15, 0.2) is 38.6 Å². The summed E-state index contributed by atoms with van der Waals surface area (Å²) in [5, 5.41) is 11.0. The highest BCUT2D eigenvalue weighted by Gasteiger charge is 2.44. The summed E-state index contributed by atoms with van der Waals surface area (Å²) in [6, 6.07) is 9.80. The monoisotopic (exact) mass is 431 g/mol. The Morgan fingerprint density at radius 3 is 2.81 bits per heavy atom. The van der Waals surface area contributed by atoms with E-state index >= 15 is 0 Å². The quantitative estimate of drug-likeness (QED) is 0.770. The highest BCUT2D eigenvalue weighted by Crippen LogP contribution is 2.49. The smallest absolute Gasteiger partial charge is 0.123 e. The molecule has 3 rings (SSSR count). The molecule has 0 saturated heterocycles. The van der Waals surface area contributed by atoms with Crippen molar-refractivity contribution in [2.24, 2.45) is 5.73 Å². The van der Waals surface area contributed by atoms with E-state index < -0.39 is 11.5 Å². The van der Waals surface area contributed by atoms with Gasteiger partial charge in [0.1, 0.15) is 5.75 Å². The first-order chi connectivity index (χ1) is 10.1. The lowest BCUT2D eigenvalue weighted by Gasteiger charge is -2.41. The number of nitrogens with two attached hydrogens (primary N) is 1. The summed E-state index contributed by atoms with van der Waals surface area (Å²) in [7, 11) is 0. The van der Waals surface area contributed by atoms with Crippen LogP contribution in [0.25, 0.3) is 0 Å². The van der Waals surface area contributed by atoms with Crippen molar-refractivity contribution in [2.45, 2.75) is 17.9 Å². The molecule has 0 radical (unpaired) electrons. The number of hydrogen-bond acceptors (Lipinski definition) is 4. The van der Waals surface area contributed by atoms with Crippen molar-refractivity contribution < 1.29 is 9.84 Å². The summed E-state index contributed by atoms with van der Waals surface area (Å²) < 4.78 is 7.64. The fourth-order valence-electron chi connectivity index (χ4n) is 2.86. The van der Waals surface area contributed by atoms with Crippen molar-refractivity contribution in [2.75, 3.05) is 13.2 Å². The van der Waals surface area contributed by atoms with Crippen LogP contribution in [0.5, 0.6) is 5.75 Å². The molecule has 1 aromatic heterocycles. The predicted octanol–water partition coefficient (Wildman–Crippen LogP) is 3.99. The van der Waals surface area contributed by atoms with Gasteiger partial charge in [-0.15, -0.1) is 11.3 Å². The van der Waals surface area contributed by atoms with Gasteiger partial charge >= 0.3 is 0 Å². The normalized spacial score (nSPS) is 22.5. The first-order valence-electron chi connectivity index (χ1n) is 6.63. The number of ether oxygens (including phenoxy) is 1. The van der Waals surface area contributed by atoms with Crippen LogP contribution >= 0.6 is 43.2 Å². The van der Waals surface area contributed by atoms with Gasteiger partial charge in [-0.2, -0.15) is 0 Å². The first kappa shape index (κ1) is 15.5. The Kier molecular flexibility index (Phi) is 4.43. The van der Waals surface area contributed by atoms with E-state index in [1.165, 1.54) is 11.3 Å². The molecule has 1 aliphatic rings. The second-order valence-electron chi connectivity index (χ2n) is 5.13. The third-order valence-electron chi connectivity index (χ3n) is 4.05. The van der Waals surface area contributed by atoms with Gasteiger partial charge in [-0.3, -0.25) is 0 Å². The third-order valence-corrected chi connectivity index (χ3v) is 7.36. The molecule has 0 bridgehead atoms. The minimum atomic E-state index is -0.653. The van der Waals surface area contributed by atoms with Crippen LogP contribution in [0.3, 0.4) is 0 Å². The van der Waals surface area contributed by atoms with Crippen LogP contribution in [0.4, 0.5) is 0 Å². The van der Waals surface area contributed by atoms with Crippen LogP contribution in [0, 0.1) is 0 Å².